The second-order valence-corrected chi connectivity index (χ2v) is 9.21. The average molecular weight is 462 g/mol. The number of oxime groups is 1. The maximum atomic E-state index is 12.6. The normalized spacial score (nSPS) is 17.2. The lowest BCUT2D eigenvalue weighted by molar-refractivity contribution is -0.161. The summed E-state index contributed by atoms with van der Waals surface area (Å²) in [5.41, 5.74) is 3.32. The molecule has 1 aliphatic rings. The SMILES string of the molecule is CC(C)(ON=C(C(=O)N[C@H]1CN(C(=O)NS(C)(=O)=O)C1=O)c1csc(N)n1)C(=O)O. The van der Waals surface area contributed by atoms with Crippen molar-refractivity contribution >= 4 is 56.0 Å². The van der Waals surface area contributed by atoms with Crippen LogP contribution in [-0.4, -0.2) is 77.4 Å². The summed E-state index contributed by atoms with van der Waals surface area (Å²) in [5.74, 6) is -3.14. The van der Waals surface area contributed by atoms with Gasteiger partial charge in [0.15, 0.2) is 10.8 Å². The molecule has 1 fully saturated rings. The topological polar surface area (TPSA) is 210 Å². The monoisotopic (exact) mass is 462 g/mol. The quantitative estimate of drug-likeness (QED) is 0.205. The highest BCUT2D eigenvalue weighted by molar-refractivity contribution is 7.89. The lowest BCUT2D eigenvalue weighted by Gasteiger charge is -2.36. The Labute approximate surface area is 174 Å². The number of β-lactam (4-membered cyclic amide) rings is 1. The van der Waals surface area contributed by atoms with E-state index in [-0.39, 0.29) is 17.4 Å². The first kappa shape index (κ1) is 23.0. The van der Waals surface area contributed by atoms with Gasteiger partial charge >= 0.3 is 12.0 Å². The van der Waals surface area contributed by atoms with Crippen molar-refractivity contribution in [2.24, 2.45) is 5.16 Å². The molecule has 2 rings (SSSR count). The number of thiazole rings is 1. The number of nitrogen functional groups attached to an aromatic ring is 1. The van der Waals surface area contributed by atoms with Gasteiger partial charge in [-0.15, -0.1) is 11.3 Å². The highest BCUT2D eigenvalue weighted by atomic mass is 32.2. The molecule has 1 aliphatic heterocycles. The maximum Gasteiger partial charge on any atom is 0.350 e. The van der Waals surface area contributed by atoms with Crippen molar-refractivity contribution in [3.05, 3.63) is 11.1 Å². The number of urea groups is 1. The van der Waals surface area contributed by atoms with Crippen LogP contribution in [0, 0.1) is 0 Å². The fraction of sp³-hybridized carbons (Fsp3) is 0.429. The van der Waals surface area contributed by atoms with E-state index in [1.807, 2.05) is 0 Å². The molecular formula is C14H18N6O8S2. The molecule has 16 heteroatoms. The number of nitrogens with zero attached hydrogens (tertiary/aromatic N) is 3. The van der Waals surface area contributed by atoms with Crippen LogP contribution in [0.15, 0.2) is 10.5 Å². The van der Waals surface area contributed by atoms with E-state index < -0.39 is 51.2 Å². The Morgan fingerprint density at radius 1 is 1.43 bits per heavy atom. The molecule has 0 spiro atoms. The van der Waals surface area contributed by atoms with E-state index in [4.69, 9.17) is 15.7 Å². The molecular weight excluding hydrogens is 444 g/mol. The maximum absolute atomic E-state index is 12.6. The number of carbonyl (C=O) groups is 4. The zero-order valence-corrected chi connectivity index (χ0v) is 17.5. The van der Waals surface area contributed by atoms with Crippen molar-refractivity contribution in [1.82, 2.24) is 19.9 Å². The van der Waals surface area contributed by atoms with Crippen LogP contribution in [0.2, 0.25) is 0 Å². The minimum absolute atomic E-state index is 0.0189. The number of hydrogen-bond acceptors (Lipinski definition) is 11. The Morgan fingerprint density at radius 3 is 2.53 bits per heavy atom. The second-order valence-electron chi connectivity index (χ2n) is 6.57. The van der Waals surface area contributed by atoms with Gasteiger partial charge in [0.05, 0.1) is 12.8 Å². The average Bonchev–Trinajstić information content (AvgIpc) is 3.02. The third kappa shape index (κ3) is 5.41. The van der Waals surface area contributed by atoms with Gasteiger partial charge in [0.1, 0.15) is 11.7 Å². The molecule has 0 bridgehead atoms. The van der Waals surface area contributed by atoms with Crippen LogP contribution in [0.5, 0.6) is 0 Å². The summed E-state index contributed by atoms with van der Waals surface area (Å²) in [6.07, 6.45) is 0.745. The van der Waals surface area contributed by atoms with Crippen LogP contribution < -0.4 is 15.8 Å². The molecule has 1 atom stereocenters. The van der Waals surface area contributed by atoms with Gasteiger partial charge in [0.25, 0.3) is 11.8 Å². The lowest BCUT2D eigenvalue weighted by atomic mass is 10.1. The molecule has 0 aliphatic carbocycles. The van der Waals surface area contributed by atoms with E-state index in [9.17, 15) is 27.6 Å². The predicted octanol–water partition coefficient (Wildman–Crippen LogP) is -1.69. The number of anilines is 1. The molecule has 2 heterocycles. The molecule has 164 valence electrons. The largest absolute Gasteiger partial charge is 0.478 e. The number of likely N-dealkylation sites (tertiary alicyclic amines) is 1. The Morgan fingerprint density at radius 2 is 2.07 bits per heavy atom. The molecule has 0 saturated carbocycles. The van der Waals surface area contributed by atoms with E-state index in [0.29, 0.717) is 4.90 Å². The van der Waals surface area contributed by atoms with Crippen molar-refractivity contribution in [2.45, 2.75) is 25.5 Å². The van der Waals surface area contributed by atoms with Crippen LogP contribution in [-0.2, 0) is 29.2 Å². The molecule has 1 aromatic heterocycles. The van der Waals surface area contributed by atoms with Crippen molar-refractivity contribution < 1.29 is 37.5 Å². The van der Waals surface area contributed by atoms with Crippen LogP contribution >= 0.6 is 11.3 Å². The van der Waals surface area contributed by atoms with Crippen LogP contribution in [0.3, 0.4) is 0 Å². The third-order valence-electron chi connectivity index (χ3n) is 3.61. The first-order valence-corrected chi connectivity index (χ1v) is 10.8. The molecule has 5 N–H and O–H groups in total. The fourth-order valence-electron chi connectivity index (χ4n) is 1.96. The minimum Gasteiger partial charge on any atom is -0.478 e. The van der Waals surface area contributed by atoms with Gasteiger partial charge in [-0.3, -0.25) is 14.5 Å². The van der Waals surface area contributed by atoms with E-state index >= 15 is 0 Å². The Kier molecular flexibility index (Phi) is 6.31. The summed E-state index contributed by atoms with van der Waals surface area (Å²) in [6.45, 7) is 2.12. The minimum atomic E-state index is -3.87. The number of hydrogen-bond donors (Lipinski definition) is 4. The van der Waals surface area contributed by atoms with Crippen LogP contribution in [0.4, 0.5) is 9.93 Å². The highest BCUT2D eigenvalue weighted by Gasteiger charge is 2.43. The second kappa shape index (κ2) is 8.23. The predicted molar refractivity (Wildman–Crippen MR) is 103 cm³/mol. The van der Waals surface area contributed by atoms with Crippen molar-refractivity contribution in [2.75, 3.05) is 18.5 Å². The van der Waals surface area contributed by atoms with Gasteiger partial charge in [0.2, 0.25) is 15.6 Å². The van der Waals surface area contributed by atoms with Gasteiger partial charge < -0.3 is 21.0 Å². The lowest BCUT2D eigenvalue weighted by Crippen LogP contribution is -2.67. The zero-order chi connectivity index (χ0) is 22.9. The van der Waals surface area contributed by atoms with E-state index in [1.54, 1.807) is 4.72 Å². The number of nitrogens with two attached hydrogens (primary N) is 1. The van der Waals surface area contributed by atoms with Gasteiger partial charge in [-0.1, -0.05) is 5.16 Å². The molecule has 1 saturated heterocycles. The summed E-state index contributed by atoms with van der Waals surface area (Å²) in [6, 6.07) is -2.29. The number of rotatable bonds is 7. The number of sulfonamides is 1. The Balaban J connectivity index is 2.13. The number of amides is 4. The number of aromatic nitrogens is 1. The molecule has 1 aromatic rings. The molecule has 4 amide bonds. The van der Waals surface area contributed by atoms with Crippen molar-refractivity contribution in [3.8, 4) is 0 Å². The highest BCUT2D eigenvalue weighted by Crippen LogP contribution is 2.16. The molecule has 14 nitrogen and oxygen atoms in total. The first-order chi connectivity index (χ1) is 13.7. The zero-order valence-electron chi connectivity index (χ0n) is 15.9. The van der Waals surface area contributed by atoms with Gasteiger partial charge in [-0.05, 0) is 13.8 Å². The van der Waals surface area contributed by atoms with Crippen molar-refractivity contribution in [1.29, 1.82) is 0 Å². The van der Waals surface area contributed by atoms with E-state index in [0.717, 1.165) is 17.6 Å². The number of carboxylic acids is 1. The number of carboxylic acid groups (broad SMARTS) is 1. The van der Waals surface area contributed by atoms with Crippen molar-refractivity contribution in [3.63, 3.8) is 0 Å². The first-order valence-electron chi connectivity index (χ1n) is 8.06. The summed E-state index contributed by atoms with van der Waals surface area (Å²) in [5, 5.41) is 16.4. The number of carbonyl (C=O) groups excluding carboxylic acids is 3. The van der Waals surface area contributed by atoms with Gasteiger partial charge in [-0.2, -0.15) is 0 Å². The third-order valence-corrected chi connectivity index (χ3v) is 4.83. The summed E-state index contributed by atoms with van der Waals surface area (Å²) in [7, 11) is -3.87. The fourth-order valence-corrected chi connectivity index (χ4v) is 2.93. The molecule has 0 aromatic carbocycles. The molecule has 0 unspecified atom stereocenters. The summed E-state index contributed by atoms with van der Waals surface area (Å²) >= 11 is 0.988. The number of nitrogens with one attached hydrogen (secondary N) is 2. The van der Waals surface area contributed by atoms with Crippen LogP contribution in [0.25, 0.3) is 0 Å². The summed E-state index contributed by atoms with van der Waals surface area (Å²) < 4.78 is 23.8. The summed E-state index contributed by atoms with van der Waals surface area (Å²) in [4.78, 5) is 56.9. The van der Waals surface area contributed by atoms with Gasteiger partial charge in [-0.25, -0.2) is 27.7 Å². The van der Waals surface area contributed by atoms with Crippen LogP contribution in [0.1, 0.15) is 19.5 Å². The standard InChI is InChI=1S/C14H18N6O8S2/c1-14(2,11(23)24)28-18-8(7-5-29-12(15)17-7)9(21)16-6-4-20(10(6)22)13(25)19-30(3,26)27/h5-6H,4H2,1-3H3,(H2,15,17)(H,16,21)(H,19,25)(H,23,24)/t6-/m0/s1. The van der Waals surface area contributed by atoms with E-state index in [2.05, 4.69) is 15.5 Å². The van der Waals surface area contributed by atoms with E-state index in [1.165, 1.54) is 19.2 Å². The van der Waals surface area contributed by atoms with Gasteiger partial charge in [0, 0.05) is 5.38 Å². The molecule has 30 heavy (non-hydrogen) atoms. The Bertz CT molecular complexity index is 1030. The molecule has 0 radical (unpaired) electrons. The smallest absolute Gasteiger partial charge is 0.350 e. The Hall–Kier alpha value is -3.27. The number of aliphatic carboxylic acids is 1. The number of imide groups is 1.